The highest BCUT2D eigenvalue weighted by atomic mass is 32.2. The molecule has 7 heteroatoms. The molecule has 1 heterocycles. The van der Waals surface area contributed by atoms with Crippen molar-refractivity contribution in [3.05, 3.63) is 71.5 Å². The van der Waals surface area contributed by atoms with Crippen molar-refractivity contribution in [1.82, 2.24) is 4.72 Å². The summed E-state index contributed by atoms with van der Waals surface area (Å²) in [7, 11) is -3.92. The fraction of sp³-hybridized carbons (Fsp3) is 0.0625. The van der Waals surface area contributed by atoms with Gasteiger partial charge in [0.25, 0.3) is 0 Å². The molecule has 118 valence electrons. The zero-order valence-electron chi connectivity index (χ0n) is 11.9. The van der Waals surface area contributed by atoms with Crippen LogP contribution >= 0.6 is 0 Å². The molecule has 2 N–H and O–H groups in total. The van der Waals surface area contributed by atoms with E-state index in [1.165, 1.54) is 30.3 Å². The zero-order valence-corrected chi connectivity index (χ0v) is 12.7. The number of nitrogens with one attached hydrogen (secondary N) is 2. The normalized spacial score (nSPS) is 11.7. The fourth-order valence-corrected chi connectivity index (χ4v) is 3.20. The molecule has 5 nitrogen and oxygen atoms in total. The summed E-state index contributed by atoms with van der Waals surface area (Å²) in [4.78, 5) is -0.238. The molecule has 0 bridgehead atoms. The lowest BCUT2D eigenvalue weighted by atomic mass is 10.2. The van der Waals surface area contributed by atoms with Crippen molar-refractivity contribution in [3.63, 3.8) is 0 Å². The van der Waals surface area contributed by atoms with Crippen molar-refractivity contribution in [1.29, 1.82) is 5.41 Å². The third kappa shape index (κ3) is 3.30. The number of hydrogen-bond acceptors (Lipinski definition) is 4. The minimum Gasteiger partial charge on any atom is -0.438 e. The number of hydrogen-bond donors (Lipinski definition) is 2. The molecule has 0 fully saturated rings. The molecule has 0 amide bonds. The molecule has 0 atom stereocenters. The number of sulfonamides is 1. The summed E-state index contributed by atoms with van der Waals surface area (Å²) < 4.78 is 45.2. The van der Waals surface area contributed by atoms with E-state index in [9.17, 15) is 12.8 Å². The molecular formula is C16H13FN2O3S. The lowest BCUT2D eigenvalue weighted by Crippen LogP contribution is -2.27. The van der Waals surface area contributed by atoms with Crippen molar-refractivity contribution < 1.29 is 17.2 Å². The van der Waals surface area contributed by atoms with Gasteiger partial charge in [-0.25, -0.2) is 17.5 Å². The van der Waals surface area contributed by atoms with Crippen LogP contribution in [0.15, 0.2) is 63.9 Å². The maximum atomic E-state index is 12.9. The van der Waals surface area contributed by atoms with Crippen LogP contribution in [0, 0.1) is 11.2 Å². The standard InChI is InChI=1S/C16H13FN2O3S/c17-13-7-5-11(6-8-13)10-19-23(20,21)15-9-12-3-1-2-4-14(12)22-16(15)18/h1-9,18-19H,10H2. The molecule has 1 aromatic heterocycles. The van der Waals surface area contributed by atoms with Crippen molar-refractivity contribution in [2.24, 2.45) is 0 Å². The molecule has 3 rings (SSSR count). The van der Waals surface area contributed by atoms with E-state index in [1.54, 1.807) is 24.3 Å². The summed E-state index contributed by atoms with van der Waals surface area (Å²) in [6.45, 7) is -0.00508. The van der Waals surface area contributed by atoms with Gasteiger partial charge in [-0.05, 0) is 29.8 Å². The molecule has 0 aliphatic heterocycles. The van der Waals surface area contributed by atoms with Gasteiger partial charge in [0, 0.05) is 11.9 Å². The molecule has 0 aliphatic rings. The molecule has 3 aromatic rings. The summed E-state index contributed by atoms with van der Waals surface area (Å²) in [5, 5.41) is 8.37. The molecule has 0 aliphatic carbocycles. The molecular weight excluding hydrogens is 319 g/mol. The monoisotopic (exact) mass is 332 g/mol. The SMILES string of the molecule is N=c1oc2ccccc2cc1S(=O)(=O)NCc1ccc(F)cc1. The minimum absolute atomic E-state index is 0.00508. The van der Waals surface area contributed by atoms with Gasteiger partial charge in [-0.15, -0.1) is 0 Å². The Bertz CT molecular complexity index is 1010. The first-order chi connectivity index (χ1) is 11.0. The quantitative estimate of drug-likeness (QED) is 0.770. The van der Waals surface area contributed by atoms with E-state index in [1.807, 2.05) is 0 Å². The Morgan fingerprint density at radius 1 is 1.09 bits per heavy atom. The van der Waals surface area contributed by atoms with Gasteiger partial charge in [-0.3, -0.25) is 5.41 Å². The number of para-hydroxylation sites is 1. The summed E-state index contributed by atoms with van der Waals surface area (Å²) in [5.41, 5.74) is 0.615. The number of rotatable bonds is 4. The Morgan fingerprint density at radius 3 is 2.52 bits per heavy atom. The average molecular weight is 332 g/mol. The minimum atomic E-state index is -3.92. The van der Waals surface area contributed by atoms with Crippen LogP contribution < -0.4 is 10.3 Å². The van der Waals surface area contributed by atoms with E-state index >= 15 is 0 Å². The van der Waals surface area contributed by atoms with Gasteiger partial charge < -0.3 is 4.42 Å². The Kier molecular flexibility index (Phi) is 3.97. The lowest BCUT2D eigenvalue weighted by molar-refractivity contribution is 0.504. The lowest BCUT2D eigenvalue weighted by Gasteiger charge is -2.07. The van der Waals surface area contributed by atoms with Gasteiger partial charge in [0.05, 0.1) is 0 Å². The predicted molar refractivity (Wildman–Crippen MR) is 82.5 cm³/mol. The predicted octanol–water partition coefficient (Wildman–Crippen LogP) is 2.53. The maximum Gasteiger partial charge on any atom is 0.246 e. The molecule has 0 radical (unpaired) electrons. The summed E-state index contributed by atoms with van der Waals surface area (Å²) in [6, 6.07) is 13.8. The van der Waals surface area contributed by atoms with E-state index in [-0.39, 0.29) is 11.4 Å². The van der Waals surface area contributed by atoms with Crippen LogP contribution in [-0.2, 0) is 16.6 Å². The van der Waals surface area contributed by atoms with Gasteiger partial charge in [0.2, 0.25) is 15.6 Å². The highest BCUT2D eigenvalue weighted by Crippen LogP contribution is 2.15. The molecule has 23 heavy (non-hydrogen) atoms. The maximum absolute atomic E-state index is 12.9. The number of benzene rings is 2. The Hall–Kier alpha value is -2.51. The number of halogens is 1. The van der Waals surface area contributed by atoms with E-state index in [0.717, 1.165) is 0 Å². The van der Waals surface area contributed by atoms with Crippen molar-refractivity contribution in [2.75, 3.05) is 0 Å². The summed E-state index contributed by atoms with van der Waals surface area (Å²) >= 11 is 0. The van der Waals surface area contributed by atoms with E-state index in [4.69, 9.17) is 9.83 Å². The smallest absolute Gasteiger partial charge is 0.246 e. The molecule has 0 spiro atoms. The van der Waals surface area contributed by atoms with E-state index < -0.39 is 21.4 Å². The van der Waals surface area contributed by atoms with E-state index in [0.29, 0.717) is 16.5 Å². The zero-order chi connectivity index (χ0) is 16.4. The number of fused-ring (bicyclic) bond motifs is 1. The van der Waals surface area contributed by atoms with Crippen LogP contribution in [0.5, 0.6) is 0 Å². The van der Waals surface area contributed by atoms with Gasteiger partial charge in [-0.2, -0.15) is 0 Å². The van der Waals surface area contributed by atoms with Gasteiger partial charge in [-0.1, -0.05) is 30.3 Å². The van der Waals surface area contributed by atoms with Crippen LogP contribution in [0.25, 0.3) is 11.0 Å². The fourth-order valence-electron chi connectivity index (χ4n) is 2.12. The largest absolute Gasteiger partial charge is 0.438 e. The highest BCUT2D eigenvalue weighted by molar-refractivity contribution is 7.89. The average Bonchev–Trinajstić information content (AvgIpc) is 2.53. The highest BCUT2D eigenvalue weighted by Gasteiger charge is 2.18. The first-order valence-corrected chi connectivity index (χ1v) is 8.26. The van der Waals surface area contributed by atoms with Crippen LogP contribution in [-0.4, -0.2) is 8.42 Å². The molecule has 0 unspecified atom stereocenters. The molecule has 0 saturated carbocycles. The topological polar surface area (TPSA) is 83.2 Å². The van der Waals surface area contributed by atoms with Crippen LogP contribution in [0.1, 0.15) is 5.56 Å². The van der Waals surface area contributed by atoms with Crippen LogP contribution in [0.3, 0.4) is 0 Å². The first kappa shape index (κ1) is 15.4. The second kappa shape index (κ2) is 5.94. The van der Waals surface area contributed by atoms with Gasteiger partial charge in [0.15, 0.2) is 0 Å². The van der Waals surface area contributed by atoms with Crippen LogP contribution in [0.2, 0.25) is 0 Å². The second-order valence-corrected chi connectivity index (χ2v) is 6.66. The Labute approximate surface area is 132 Å². The third-order valence-electron chi connectivity index (χ3n) is 3.31. The second-order valence-electron chi connectivity index (χ2n) is 4.93. The van der Waals surface area contributed by atoms with Crippen molar-refractivity contribution in [3.8, 4) is 0 Å². The Balaban J connectivity index is 1.91. The Morgan fingerprint density at radius 2 is 1.78 bits per heavy atom. The van der Waals surface area contributed by atoms with Gasteiger partial charge in [0.1, 0.15) is 16.3 Å². The van der Waals surface area contributed by atoms with E-state index in [2.05, 4.69) is 4.72 Å². The van der Waals surface area contributed by atoms with Crippen molar-refractivity contribution in [2.45, 2.75) is 11.4 Å². The summed E-state index contributed by atoms with van der Waals surface area (Å²) in [6.07, 6.45) is 0. The third-order valence-corrected chi connectivity index (χ3v) is 4.72. The van der Waals surface area contributed by atoms with Gasteiger partial charge >= 0.3 is 0 Å². The molecule has 0 saturated heterocycles. The van der Waals surface area contributed by atoms with Crippen LogP contribution in [0.4, 0.5) is 4.39 Å². The van der Waals surface area contributed by atoms with Crippen molar-refractivity contribution >= 4 is 21.0 Å². The first-order valence-electron chi connectivity index (χ1n) is 6.77. The molecule has 2 aromatic carbocycles. The summed E-state index contributed by atoms with van der Waals surface area (Å²) in [5.74, 6) is -0.390.